The van der Waals surface area contributed by atoms with E-state index in [1.54, 1.807) is 4.90 Å². The van der Waals surface area contributed by atoms with Crippen LogP contribution >= 0.6 is 0 Å². The Morgan fingerprint density at radius 2 is 2.45 bits per heavy atom. The second-order valence-corrected chi connectivity index (χ2v) is 2.80. The van der Waals surface area contributed by atoms with Crippen LogP contribution in [0.15, 0.2) is 0 Å². The molecule has 11 heavy (non-hydrogen) atoms. The molecule has 0 aliphatic carbocycles. The molecule has 1 saturated heterocycles. The topological polar surface area (TPSA) is 29.5 Å². The Morgan fingerprint density at radius 3 is 3.00 bits per heavy atom. The van der Waals surface area contributed by atoms with Crippen molar-refractivity contribution >= 4 is 5.91 Å². The second kappa shape index (κ2) is 4.34. The predicted molar refractivity (Wildman–Crippen MR) is 42.1 cm³/mol. The van der Waals surface area contributed by atoms with Gasteiger partial charge in [0.2, 0.25) is 5.91 Å². The van der Waals surface area contributed by atoms with Crippen molar-refractivity contribution in [2.24, 2.45) is 0 Å². The van der Waals surface area contributed by atoms with Gasteiger partial charge in [-0.25, -0.2) is 0 Å². The zero-order valence-electron chi connectivity index (χ0n) is 7.01. The van der Waals surface area contributed by atoms with Gasteiger partial charge in [-0.2, -0.15) is 0 Å². The average molecular weight is 157 g/mol. The second-order valence-electron chi connectivity index (χ2n) is 2.80. The van der Waals surface area contributed by atoms with Gasteiger partial charge < -0.3 is 9.64 Å². The first-order valence-electron chi connectivity index (χ1n) is 4.20. The van der Waals surface area contributed by atoms with Crippen LogP contribution in [0.25, 0.3) is 0 Å². The van der Waals surface area contributed by atoms with E-state index >= 15 is 0 Å². The molecule has 0 aromatic heterocycles. The largest absolute Gasteiger partial charge is 0.361 e. The van der Waals surface area contributed by atoms with Crippen LogP contribution in [0, 0.1) is 0 Å². The van der Waals surface area contributed by atoms with Crippen molar-refractivity contribution in [2.75, 3.05) is 19.9 Å². The quantitative estimate of drug-likeness (QED) is 0.598. The van der Waals surface area contributed by atoms with Crippen LogP contribution in [-0.4, -0.2) is 30.7 Å². The molecule has 0 N–H and O–H groups in total. The summed E-state index contributed by atoms with van der Waals surface area (Å²) in [4.78, 5) is 13.0. The van der Waals surface area contributed by atoms with Gasteiger partial charge >= 0.3 is 0 Å². The Labute approximate surface area is 67.3 Å². The van der Waals surface area contributed by atoms with Crippen LogP contribution in [0.4, 0.5) is 0 Å². The van der Waals surface area contributed by atoms with Gasteiger partial charge in [0.05, 0.1) is 6.61 Å². The van der Waals surface area contributed by atoms with Crippen LogP contribution < -0.4 is 0 Å². The first-order chi connectivity index (χ1) is 5.34. The van der Waals surface area contributed by atoms with E-state index in [-0.39, 0.29) is 5.91 Å². The minimum Gasteiger partial charge on any atom is -0.361 e. The maximum absolute atomic E-state index is 11.2. The molecule has 0 aromatic rings. The molecule has 0 atom stereocenters. The highest BCUT2D eigenvalue weighted by molar-refractivity contribution is 5.75. The first-order valence-corrected chi connectivity index (χ1v) is 4.20. The molecule has 1 fully saturated rings. The van der Waals surface area contributed by atoms with Crippen molar-refractivity contribution in [3.63, 3.8) is 0 Å². The number of carbonyl (C=O) groups is 1. The fourth-order valence-corrected chi connectivity index (χ4v) is 1.17. The van der Waals surface area contributed by atoms with Gasteiger partial charge in [-0.3, -0.25) is 4.79 Å². The van der Waals surface area contributed by atoms with E-state index in [0.29, 0.717) is 13.2 Å². The third kappa shape index (κ3) is 2.50. The van der Waals surface area contributed by atoms with Crippen LogP contribution in [-0.2, 0) is 9.53 Å². The SMILES string of the molecule is CCCC(=O)N1CCCOC1. The molecular formula is C8H15NO2. The van der Waals surface area contributed by atoms with Gasteiger partial charge in [0.15, 0.2) is 0 Å². The van der Waals surface area contributed by atoms with E-state index in [0.717, 1.165) is 26.0 Å². The lowest BCUT2D eigenvalue weighted by atomic mass is 10.3. The van der Waals surface area contributed by atoms with Crippen molar-refractivity contribution in [2.45, 2.75) is 26.2 Å². The molecule has 3 nitrogen and oxygen atoms in total. The summed E-state index contributed by atoms with van der Waals surface area (Å²) in [7, 11) is 0. The molecule has 3 heteroatoms. The summed E-state index contributed by atoms with van der Waals surface area (Å²) in [5.41, 5.74) is 0. The zero-order valence-corrected chi connectivity index (χ0v) is 7.01. The minimum absolute atomic E-state index is 0.229. The summed E-state index contributed by atoms with van der Waals surface area (Å²) >= 11 is 0. The van der Waals surface area contributed by atoms with Crippen molar-refractivity contribution < 1.29 is 9.53 Å². The van der Waals surface area contributed by atoms with Crippen molar-refractivity contribution in [1.82, 2.24) is 4.90 Å². The molecule has 1 rings (SSSR count). The van der Waals surface area contributed by atoms with E-state index in [9.17, 15) is 4.79 Å². The van der Waals surface area contributed by atoms with E-state index < -0.39 is 0 Å². The van der Waals surface area contributed by atoms with E-state index in [1.165, 1.54) is 0 Å². The molecule has 0 aromatic carbocycles. The predicted octanol–water partition coefficient (Wildman–Crippen LogP) is 0.993. The van der Waals surface area contributed by atoms with Crippen molar-refractivity contribution in [1.29, 1.82) is 0 Å². The number of hydrogen-bond acceptors (Lipinski definition) is 2. The van der Waals surface area contributed by atoms with Gasteiger partial charge in [-0.1, -0.05) is 6.92 Å². The molecule has 0 saturated carbocycles. The molecule has 1 heterocycles. The fraction of sp³-hybridized carbons (Fsp3) is 0.875. The summed E-state index contributed by atoms with van der Waals surface area (Å²) in [6, 6.07) is 0. The molecule has 0 radical (unpaired) electrons. The third-order valence-corrected chi connectivity index (χ3v) is 1.78. The molecule has 0 unspecified atom stereocenters. The van der Waals surface area contributed by atoms with Crippen LogP contribution in [0.1, 0.15) is 26.2 Å². The smallest absolute Gasteiger partial charge is 0.224 e. The van der Waals surface area contributed by atoms with E-state index in [2.05, 4.69) is 0 Å². The molecule has 1 aliphatic rings. The van der Waals surface area contributed by atoms with Gasteiger partial charge in [0.1, 0.15) is 6.73 Å². The summed E-state index contributed by atoms with van der Waals surface area (Å²) in [6.45, 7) is 4.19. The monoisotopic (exact) mass is 157 g/mol. The van der Waals surface area contributed by atoms with Gasteiger partial charge in [0.25, 0.3) is 0 Å². The number of ether oxygens (including phenoxy) is 1. The van der Waals surface area contributed by atoms with Gasteiger partial charge in [0, 0.05) is 13.0 Å². The Hall–Kier alpha value is -0.570. The minimum atomic E-state index is 0.229. The summed E-state index contributed by atoms with van der Waals surface area (Å²) in [6.07, 6.45) is 2.56. The first kappa shape index (κ1) is 8.53. The molecule has 0 bridgehead atoms. The molecule has 1 aliphatic heterocycles. The molecule has 1 amide bonds. The van der Waals surface area contributed by atoms with E-state index in [1.807, 2.05) is 6.92 Å². The normalized spacial score (nSPS) is 18.5. The highest BCUT2D eigenvalue weighted by atomic mass is 16.5. The zero-order chi connectivity index (χ0) is 8.10. The molecular weight excluding hydrogens is 142 g/mol. The van der Waals surface area contributed by atoms with Crippen LogP contribution in [0.3, 0.4) is 0 Å². The van der Waals surface area contributed by atoms with Crippen LogP contribution in [0.5, 0.6) is 0 Å². The maximum atomic E-state index is 11.2. The molecule has 0 spiro atoms. The Kier molecular flexibility index (Phi) is 3.36. The number of rotatable bonds is 2. The van der Waals surface area contributed by atoms with Gasteiger partial charge in [-0.05, 0) is 12.8 Å². The lowest BCUT2D eigenvalue weighted by Crippen LogP contribution is -2.37. The number of amides is 1. The number of carbonyl (C=O) groups excluding carboxylic acids is 1. The summed E-state index contributed by atoms with van der Waals surface area (Å²) in [5, 5.41) is 0. The highest BCUT2D eigenvalue weighted by Crippen LogP contribution is 2.04. The average Bonchev–Trinajstić information content (AvgIpc) is 2.07. The number of hydrogen-bond donors (Lipinski definition) is 0. The third-order valence-electron chi connectivity index (χ3n) is 1.78. The Balaban J connectivity index is 2.27. The lowest BCUT2D eigenvalue weighted by molar-refractivity contribution is -0.140. The highest BCUT2D eigenvalue weighted by Gasteiger charge is 2.14. The summed E-state index contributed by atoms with van der Waals surface area (Å²) in [5.74, 6) is 0.229. The Morgan fingerprint density at radius 1 is 1.64 bits per heavy atom. The van der Waals surface area contributed by atoms with Crippen molar-refractivity contribution in [3.8, 4) is 0 Å². The maximum Gasteiger partial charge on any atom is 0.224 e. The standard InChI is InChI=1S/C8H15NO2/c1-2-4-8(10)9-5-3-6-11-7-9/h2-7H2,1H3. The summed E-state index contributed by atoms with van der Waals surface area (Å²) < 4.78 is 5.15. The van der Waals surface area contributed by atoms with E-state index in [4.69, 9.17) is 4.74 Å². The number of nitrogens with zero attached hydrogens (tertiary/aromatic N) is 1. The van der Waals surface area contributed by atoms with Crippen molar-refractivity contribution in [3.05, 3.63) is 0 Å². The Bertz CT molecular complexity index is 130. The fourth-order valence-electron chi connectivity index (χ4n) is 1.17. The van der Waals surface area contributed by atoms with Crippen LogP contribution in [0.2, 0.25) is 0 Å². The lowest BCUT2D eigenvalue weighted by Gasteiger charge is -2.26. The van der Waals surface area contributed by atoms with Gasteiger partial charge in [-0.15, -0.1) is 0 Å². The molecule has 64 valence electrons.